The second kappa shape index (κ2) is 5.59. The normalized spacial score (nSPS) is 23.1. The lowest BCUT2D eigenvalue weighted by Gasteiger charge is -2.27. The molecule has 1 heterocycles. The highest BCUT2D eigenvalue weighted by atomic mass is 16.5. The largest absolute Gasteiger partial charge is 0.477 e. The van der Waals surface area contributed by atoms with Crippen LogP contribution in [0.4, 0.5) is 0 Å². The van der Waals surface area contributed by atoms with E-state index in [9.17, 15) is 9.90 Å². The Morgan fingerprint density at radius 2 is 2.16 bits per heavy atom. The summed E-state index contributed by atoms with van der Waals surface area (Å²) in [6.45, 7) is 5.85. The maximum absolute atomic E-state index is 11.3. The molecule has 4 nitrogen and oxygen atoms in total. The Bertz CT molecular complexity index is 485. The van der Waals surface area contributed by atoms with Crippen LogP contribution in [0.1, 0.15) is 54.2 Å². The topological polar surface area (TPSA) is 59.4 Å². The average Bonchev–Trinajstić information content (AvgIpc) is 2.26. The predicted octanol–water partition coefficient (Wildman–Crippen LogP) is 3.35. The van der Waals surface area contributed by atoms with Crippen LogP contribution in [0.25, 0.3) is 0 Å². The molecule has 1 fully saturated rings. The lowest BCUT2D eigenvalue weighted by Crippen LogP contribution is -2.25. The fraction of sp³-hybridized carbons (Fsp3) is 0.600. The van der Waals surface area contributed by atoms with Crippen molar-refractivity contribution in [1.29, 1.82) is 0 Å². The number of carboxylic acid groups (broad SMARTS) is 1. The molecule has 0 aromatic carbocycles. The van der Waals surface area contributed by atoms with Gasteiger partial charge in [0.05, 0.1) is 0 Å². The van der Waals surface area contributed by atoms with Crippen LogP contribution in [0.5, 0.6) is 5.88 Å². The molecule has 19 heavy (non-hydrogen) atoms. The molecule has 1 saturated carbocycles. The van der Waals surface area contributed by atoms with Crippen LogP contribution in [-0.2, 0) is 0 Å². The number of aromatic nitrogens is 1. The molecule has 0 amide bonds. The van der Waals surface area contributed by atoms with Crippen molar-refractivity contribution < 1.29 is 14.6 Å². The van der Waals surface area contributed by atoms with Gasteiger partial charge in [-0.25, -0.2) is 9.78 Å². The first kappa shape index (κ1) is 13.8. The summed E-state index contributed by atoms with van der Waals surface area (Å²) >= 11 is 0. The van der Waals surface area contributed by atoms with Crippen LogP contribution in [0, 0.1) is 19.8 Å². The molecule has 1 aromatic rings. The number of aromatic carboxylic acids is 1. The van der Waals surface area contributed by atoms with Crippen LogP contribution >= 0.6 is 0 Å². The van der Waals surface area contributed by atoms with E-state index in [1.807, 2.05) is 6.92 Å². The standard InChI is InChI=1S/C15H21NO3/c1-9-5-4-6-12(7-9)19-14-13(15(17)18)10(2)8-11(3)16-14/h8-9,12H,4-7H2,1-3H3,(H,17,18). The summed E-state index contributed by atoms with van der Waals surface area (Å²) in [7, 11) is 0. The minimum atomic E-state index is -0.969. The number of hydrogen-bond donors (Lipinski definition) is 1. The van der Waals surface area contributed by atoms with Gasteiger partial charge in [-0.05, 0) is 50.7 Å². The van der Waals surface area contributed by atoms with Crippen molar-refractivity contribution in [1.82, 2.24) is 4.98 Å². The lowest BCUT2D eigenvalue weighted by atomic mass is 9.89. The number of carbonyl (C=O) groups is 1. The van der Waals surface area contributed by atoms with E-state index in [1.54, 1.807) is 13.0 Å². The molecule has 1 aliphatic carbocycles. The fourth-order valence-corrected chi connectivity index (χ4v) is 2.79. The summed E-state index contributed by atoms with van der Waals surface area (Å²) in [6.07, 6.45) is 4.42. The summed E-state index contributed by atoms with van der Waals surface area (Å²) in [5, 5.41) is 9.30. The minimum Gasteiger partial charge on any atom is -0.477 e. The summed E-state index contributed by atoms with van der Waals surface area (Å²) in [5.74, 6) is -0.0501. The number of pyridine rings is 1. The van der Waals surface area contributed by atoms with Crippen molar-refractivity contribution in [3.05, 3.63) is 22.9 Å². The molecule has 0 aliphatic heterocycles. The Hall–Kier alpha value is -1.58. The Labute approximate surface area is 113 Å². The number of nitrogens with zero attached hydrogens (tertiary/aromatic N) is 1. The number of hydrogen-bond acceptors (Lipinski definition) is 3. The highest BCUT2D eigenvalue weighted by Crippen LogP contribution is 2.29. The Morgan fingerprint density at radius 1 is 1.42 bits per heavy atom. The molecular weight excluding hydrogens is 242 g/mol. The lowest BCUT2D eigenvalue weighted by molar-refractivity contribution is 0.0679. The number of rotatable bonds is 3. The molecule has 0 spiro atoms. The van der Waals surface area contributed by atoms with Crippen LogP contribution in [-0.4, -0.2) is 22.2 Å². The van der Waals surface area contributed by atoms with E-state index in [2.05, 4.69) is 11.9 Å². The second-order valence-electron chi connectivity index (χ2n) is 5.58. The van der Waals surface area contributed by atoms with Crippen molar-refractivity contribution in [2.45, 2.75) is 52.6 Å². The van der Waals surface area contributed by atoms with Crippen LogP contribution in [0.2, 0.25) is 0 Å². The van der Waals surface area contributed by atoms with E-state index in [4.69, 9.17) is 4.74 Å². The van der Waals surface area contributed by atoms with Gasteiger partial charge in [-0.2, -0.15) is 0 Å². The van der Waals surface area contributed by atoms with E-state index >= 15 is 0 Å². The maximum atomic E-state index is 11.3. The molecule has 0 saturated heterocycles. The van der Waals surface area contributed by atoms with Crippen molar-refractivity contribution in [2.24, 2.45) is 5.92 Å². The summed E-state index contributed by atoms with van der Waals surface area (Å²) in [6, 6.07) is 1.78. The van der Waals surface area contributed by atoms with Crippen LogP contribution in [0.15, 0.2) is 6.07 Å². The van der Waals surface area contributed by atoms with E-state index in [-0.39, 0.29) is 17.5 Å². The van der Waals surface area contributed by atoms with Gasteiger partial charge in [0.25, 0.3) is 0 Å². The smallest absolute Gasteiger partial charge is 0.341 e. The van der Waals surface area contributed by atoms with Crippen LogP contribution in [0.3, 0.4) is 0 Å². The first-order valence-electron chi connectivity index (χ1n) is 6.85. The second-order valence-corrected chi connectivity index (χ2v) is 5.58. The van der Waals surface area contributed by atoms with Gasteiger partial charge in [-0.15, -0.1) is 0 Å². The zero-order valence-electron chi connectivity index (χ0n) is 11.8. The molecule has 2 unspecified atom stereocenters. The molecule has 1 aliphatic rings. The molecular formula is C15H21NO3. The number of carboxylic acids is 1. The Morgan fingerprint density at radius 3 is 2.79 bits per heavy atom. The van der Waals surface area contributed by atoms with Gasteiger partial charge < -0.3 is 9.84 Å². The molecule has 1 N–H and O–H groups in total. The average molecular weight is 263 g/mol. The van der Waals surface area contributed by atoms with Gasteiger partial charge in [0.2, 0.25) is 5.88 Å². The van der Waals surface area contributed by atoms with Crippen molar-refractivity contribution in [3.8, 4) is 5.88 Å². The van der Waals surface area contributed by atoms with Crippen LogP contribution < -0.4 is 4.74 Å². The van der Waals surface area contributed by atoms with Gasteiger partial charge in [-0.3, -0.25) is 0 Å². The molecule has 2 atom stereocenters. The van der Waals surface area contributed by atoms with Crippen molar-refractivity contribution in [3.63, 3.8) is 0 Å². The monoisotopic (exact) mass is 263 g/mol. The van der Waals surface area contributed by atoms with E-state index < -0.39 is 5.97 Å². The summed E-state index contributed by atoms with van der Waals surface area (Å²) < 4.78 is 5.89. The highest BCUT2D eigenvalue weighted by molar-refractivity contribution is 5.91. The summed E-state index contributed by atoms with van der Waals surface area (Å²) in [5.41, 5.74) is 1.70. The summed E-state index contributed by atoms with van der Waals surface area (Å²) in [4.78, 5) is 15.6. The zero-order chi connectivity index (χ0) is 14.0. The van der Waals surface area contributed by atoms with Crippen molar-refractivity contribution in [2.75, 3.05) is 0 Å². The van der Waals surface area contributed by atoms with Gasteiger partial charge in [-0.1, -0.05) is 13.3 Å². The molecule has 104 valence electrons. The first-order chi connectivity index (χ1) is 8.97. The molecule has 0 radical (unpaired) electrons. The van der Waals surface area contributed by atoms with E-state index in [1.165, 1.54) is 6.42 Å². The quantitative estimate of drug-likeness (QED) is 0.908. The van der Waals surface area contributed by atoms with Gasteiger partial charge in [0.15, 0.2) is 0 Å². The molecule has 4 heteroatoms. The minimum absolute atomic E-state index is 0.0931. The maximum Gasteiger partial charge on any atom is 0.341 e. The van der Waals surface area contributed by atoms with Gasteiger partial charge in [0.1, 0.15) is 11.7 Å². The third-order valence-electron chi connectivity index (χ3n) is 3.69. The first-order valence-corrected chi connectivity index (χ1v) is 6.85. The van der Waals surface area contributed by atoms with Crippen molar-refractivity contribution >= 4 is 5.97 Å². The molecule has 0 bridgehead atoms. The van der Waals surface area contributed by atoms with Gasteiger partial charge in [0, 0.05) is 5.69 Å². The number of ether oxygens (including phenoxy) is 1. The Kier molecular flexibility index (Phi) is 4.08. The zero-order valence-corrected chi connectivity index (χ0v) is 11.8. The third kappa shape index (κ3) is 3.25. The third-order valence-corrected chi connectivity index (χ3v) is 3.69. The SMILES string of the molecule is Cc1cc(C)c(C(=O)O)c(OC2CCCC(C)C2)n1. The Balaban J connectivity index is 2.25. The highest BCUT2D eigenvalue weighted by Gasteiger charge is 2.24. The van der Waals surface area contributed by atoms with Gasteiger partial charge >= 0.3 is 5.97 Å². The molecule has 2 rings (SSSR count). The number of aryl methyl sites for hydroxylation is 2. The predicted molar refractivity (Wildman–Crippen MR) is 72.7 cm³/mol. The molecule has 1 aromatic heterocycles. The van der Waals surface area contributed by atoms with E-state index in [0.29, 0.717) is 11.5 Å². The fourth-order valence-electron chi connectivity index (χ4n) is 2.79. The van der Waals surface area contributed by atoms with E-state index in [0.717, 1.165) is 25.0 Å².